The first-order valence-electron chi connectivity index (χ1n) is 6.00. The van der Waals surface area contributed by atoms with Gasteiger partial charge in [-0.15, -0.1) is 0 Å². The summed E-state index contributed by atoms with van der Waals surface area (Å²) in [5.74, 6) is -1.79. The van der Waals surface area contributed by atoms with E-state index >= 15 is 0 Å². The van der Waals surface area contributed by atoms with Gasteiger partial charge in [0.05, 0.1) is 0 Å². The number of hydrogen-bond donors (Lipinski definition) is 0. The predicted octanol–water partition coefficient (Wildman–Crippen LogP) is 1.79. The highest BCUT2D eigenvalue weighted by Gasteiger charge is 2.38. The van der Waals surface area contributed by atoms with E-state index in [9.17, 15) is 9.59 Å². The lowest BCUT2D eigenvalue weighted by atomic mass is 10.0. The standard InChI is InChI=1S/C14H15O4/c15-13-12(8-4-5-9-17-13)14(16)18-10-11-6-2-1-3-7-11/h1-3,6-7,9,12H,4-5,8,10H2/q+1. The number of esters is 1. The molecule has 4 heteroatoms. The van der Waals surface area contributed by atoms with E-state index in [1.807, 2.05) is 30.3 Å². The summed E-state index contributed by atoms with van der Waals surface area (Å²) in [6.07, 6.45) is 3.39. The number of carbonyl (C=O) groups excluding carboxylic acids is 3. The average molecular weight is 247 g/mol. The summed E-state index contributed by atoms with van der Waals surface area (Å²) >= 11 is 0. The van der Waals surface area contributed by atoms with Gasteiger partial charge < -0.3 is 4.74 Å². The van der Waals surface area contributed by atoms with Gasteiger partial charge in [0, 0.05) is 11.2 Å². The van der Waals surface area contributed by atoms with Crippen LogP contribution < -0.4 is 0 Å². The van der Waals surface area contributed by atoms with Gasteiger partial charge >= 0.3 is 11.9 Å². The van der Waals surface area contributed by atoms with Crippen LogP contribution in [-0.2, 0) is 25.4 Å². The molecule has 4 nitrogen and oxygen atoms in total. The Morgan fingerprint density at radius 1 is 1.33 bits per heavy atom. The molecule has 0 aliphatic carbocycles. The molecule has 0 fully saturated rings. The van der Waals surface area contributed by atoms with Crippen LogP contribution in [0.15, 0.2) is 30.3 Å². The summed E-state index contributed by atoms with van der Waals surface area (Å²) in [7, 11) is 0. The van der Waals surface area contributed by atoms with Crippen molar-refractivity contribution in [2.24, 2.45) is 5.92 Å². The molecule has 0 saturated heterocycles. The molecule has 0 radical (unpaired) electrons. The maximum atomic E-state index is 11.8. The average Bonchev–Trinajstić information content (AvgIpc) is 2.62. The number of carbonyl (C=O) groups is 2. The van der Waals surface area contributed by atoms with Crippen LogP contribution in [0.4, 0.5) is 0 Å². The fourth-order valence-corrected chi connectivity index (χ4v) is 1.79. The molecule has 0 saturated carbocycles. The molecule has 1 aliphatic heterocycles. The fourth-order valence-electron chi connectivity index (χ4n) is 1.79. The SMILES string of the molecule is O=C(OCc1ccccc1)C1CCCC=[O+]C1=O. The Morgan fingerprint density at radius 3 is 2.89 bits per heavy atom. The third-order valence-electron chi connectivity index (χ3n) is 2.81. The van der Waals surface area contributed by atoms with Crippen molar-refractivity contribution in [3.8, 4) is 0 Å². The Labute approximate surface area is 105 Å². The molecule has 0 N–H and O–H groups in total. The van der Waals surface area contributed by atoms with Crippen LogP contribution in [0.1, 0.15) is 24.8 Å². The van der Waals surface area contributed by atoms with Crippen LogP contribution >= 0.6 is 0 Å². The molecule has 1 aliphatic rings. The van der Waals surface area contributed by atoms with E-state index in [4.69, 9.17) is 9.16 Å². The van der Waals surface area contributed by atoms with Crippen LogP contribution in [0.5, 0.6) is 0 Å². The molecule has 94 valence electrons. The van der Waals surface area contributed by atoms with E-state index in [2.05, 4.69) is 0 Å². The van der Waals surface area contributed by atoms with Crippen LogP contribution in [0.3, 0.4) is 0 Å². The number of rotatable bonds is 3. The molecule has 18 heavy (non-hydrogen) atoms. The largest absolute Gasteiger partial charge is 0.593 e. The lowest BCUT2D eigenvalue weighted by Gasteiger charge is -2.07. The molecule has 0 amide bonds. The van der Waals surface area contributed by atoms with Gasteiger partial charge in [-0.1, -0.05) is 30.3 Å². The zero-order chi connectivity index (χ0) is 12.8. The quantitative estimate of drug-likeness (QED) is 0.354. The van der Waals surface area contributed by atoms with Crippen LogP contribution in [0.2, 0.25) is 0 Å². The van der Waals surface area contributed by atoms with Crippen molar-refractivity contribution in [3.63, 3.8) is 0 Å². The first kappa shape index (κ1) is 12.5. The molecule has 1 aromatic carbocycles. The first-order chi connectivity index (χ1) is 8.77. The predicted molar refractivity (Wildman–Crippen MR) is 64.7 cm³/mol. The van der Waals surface area contributed by atoms with Crippen molar-refractivity contribution in [1.29, 1.82) is 0 Å². The molecular weight excluding hydrogens is 232 g/mol. The maximum absolute atomic E-state index is 11.8. The zero-order valence-corrected chi connectivity index (χ0v) is 10.0. The van der Waals surface area contributed by atoms with Gasteiger partial charge in [0.15, 0.2) is 6.29 Å². The minimum Gasteiger partial charge on any atom is -0.460 e. The maximum Gasteiger partial charge on any atom is 0.593 e. The van der Waals surface area contributed by atoms with E-state index in [1.165, 1.54) is 6.29 Å². The number of ether oxygens (including phenoxy) is 1. The van der Waals surface area contributed by atoms with Gasteiger partial charge in [0.1, 0.15) is 6.61 Å². The van der Waals surface area contributed by atoms with Gasteiger partial charge in [-0.2, -0.15) is 0 Å². The van der Waals surface area contributed by atoms with Gasteiger partial charge in [-0.05, 0) is 18.4 Å². The Hall–Kier alpha value is -1.97. The van der Waals surface area contributed by atoms with Crippen molar-refractivity contribution in [1.82, 2.24) is 0 Å². The third kappa shape index (κ3) is 3.26. The van der Waals surface area contributed by atoms with Crippen molar-refractivity contribution in [2.75, 3.05) is 0 Å². The summed E-state index contributed by atoms with van der Waals surface area (Å²) in [5.41, 5.74) is 0.902. The first-order valence-corrected chi connectivity index (χ1v) is 6.00. The Morgan fingerprint density at radius 2 is 2.11 bits per heavy atom. The highest BCUT2D eigenvalue weighted by molar-refractivity contribution is 5.94. The second-order valence-electron chi connectivity index (χ2n) is 4.18. The van der Waals surface area contributed by atoms with Gasteiger partial charge in [0.2, 0.25) is 5.92 Å². The van der Waals surface area contributed by atoms with E-state index < -0.39 is 17.9 Å². The molecule has 1 heterocycles. The second-order valence-corrected chi connectivity index (χ2v) is 4.18. The lowest BCUT2D eigenvalue weighted by Crippen LogP contribution is -2.25. The molecular formula is C14H15O4+. The molecule has 0 aromatic heterocycles. The Kier molecular flexibility index (Phi) is 4.23. The molecule has 0 bridgehead atoms. The van der Waals surface area contributed by atoms with Crippen LogP contribution in [0, 0.1) is 5.92 Å². The van der Waals surface area contributed by atoms with Crippen molar-refractivity contribution >= 4 is 18.2 Å². The van der Waals surface area contributed by atoms with Gasteiger partial charge in [0.25, 0.3) is 0 Å². The second kappa shape index (κ2) is 6.10. The van der Waals surface area contributed by atoms with E-state index in [-0.39, 0.29) is 6.61 Å². The summed E-state index contributed by atoms with van der Waals surface area (Å²) in [6, 6.07) is 9.37. The van der Waals surface area contributed by atoms with Crippen molar-refractivity contribution in [3.05, 3.63) is 35.9 Å². The molecule has 0 spiro atoms. The van der Waals surface area contributed by atoms with Crippen molar-refractivity contribution in [2.45, 2.75) is 25.9 Å². The molecule has 2 rings (SSSR count). The minimum absolute atomic E-state index is 0.188. The smallest absolute Gasteiger partial charge is 0.460 e. The number of hydrogen-bond acceptors (Lipinski definition) is 3. The topological polar surface area (TPSA) is 54.7 Å². The monoisotopic (exact) mass is 247 g/mol. The highest BCUT2D eigenvalue weighted by Crippen LogP contribution is 2.14. The summed E-state index contributed by atoms with van der Waals surface area (Å²) in [5, 5.41) is 0. The van der Waals surface area contributed by atoms with E-state index in [0.717, 1.165) is 12.0 Å². The molecule has 1 unspecified atom stereocenters. The van der Waals surface area contributed by atoms with Gasteiger partial charge in [-0.3, -0.25) is 9.22 Å². The summed E-state index contributed by atoms with van der Waals surface area (Å²) < 4.78 is 9.96. The van der Waals surface area contributed by atoms with E-state index in [1.54, 1.807) is 0 Å². The number of aldehydes is 1. The third-order valence-corrected chi connectivity index (χ3v) is 2.81. The van der Waals surface area contributed by atoms with Crippen LogP contribution in [-0.4, -0.2) is 18.2 Å². The summed E-state index contributed by atoms with van der Waals surface area (Å²) in [6.45, 7) is 0.188. The number of benzene rings is 1. The molecule has 1 aromatic rings. The minimum atomic E-state index is -0.785. The van der Waals surface area contributed by atoms with E-state index in [0.29, 0.717) is 12.8 Å². The molecule has 1 atom stereocenters. The highest BCUT2D eigenvalue weighted by atomic mass is 16.5. The van der Waals surface area contributed by atoms with Crippen molar-refractivity contribution < 1.29 is 18.8 Å². The van der Waals surface area contributed by atoms with Gasteiger partial charge in [-0.25, -0.2) is 0 Å². The fraction of sp³-hybridized carbons (Fsp3) is 0.357. The normalized spacial score (nSPS) is 19.3. The summed E-state index contributed by atoms with van der Waals surface area (Å²) in [4.78, 5) is 23.3. The Bertz CT molecular complexity index is 450. The zero-order valence-electron chi connectivity index (χ0n) is 10.0. The Balaban J connectivity index is 1.91. The lowest BCUT2D eigenvalue weighted by molar-refractivity contribution is -0.376. The van der Waals surface area contributed by atoms with Crippen LogP contribution in [0.25, 0.3) is 0 Å².